The van der Waals surface area contributed by atoms with Crippen LogP contribution < -0.4 is 0 Å². The van der Waals surface area contributed by atoms with Gasteiger partial charge in [-0.25, -0.2) is 0 Å². The third kappa shape index (κ3) is 3.14. The molecule has 0 aromatic rings. The van der Waals surface area contributed by atoms with Gasteiger partial charge >= 0.3 is 5.97 Å². The molecule has 9 atom stereocenters. The summed E-state index contributed by atoms with van der Waals surface area (Å²) in [5.41, 5.74) is 1.35. The van der Waals surface area contributed by atoms with Crippen molar-refractivity contribution in [2.24, 2.45) is 50.2 Å². The van der Waals surface area contributed by atoms with Crippen molar-refractivity contribution in [1.29, 1.82) is 0 Å². The smallest absolute Gasteiger partial charge is 0.312 e. The molecule has 0 saturated heterocycles. The Labute approximate surface area is 213 Å². The Morgan fingerprint density at radius 3 is 2.31 bits per heavy atom. The highest BCUT2D eigenvalue weighted by Crippen LogP contribution is 2.75. The second kappa shape index (κ2) is 7.82. The van der Waals surface area contributed by atoms with Gasteiger partial charge in [0.1, 0.15) is 0 Å². The lowest BCUT2D eigenvalue weighted by molar-refractivity contribution is -0.206. The molecule has 0 bridgehead atoms. The van der Waals surface area contributed by atoms with E-state index < -0.39 is 5.41 Å². The van der Waals surface area contributed by atoms with Crippen LogP contribution in [-0.2, 0) is 9.53 Å². The molecule has 35 heavy (non-hydrogen) atoms. The lowest BCUT2D eigenvalue weighted by atomic mass is 9.33. The van der Waals surface area contributed by atoms with Crippen LogP contribution in [0, 0.1) is 50.2 Å². The summed E-state index contributed by atoms with van der Waals surface area (Å²) >= 11 is 0. The molecule has 198 valence electrons. The summed E-state index contributed by atoms with van der Waals surface area (Å²) in [5.74, 6) is 1.26. The van der Waals surface area contributed by atoms with Crippen molar-refractivity contribution in [1.82, 2.24) is 0 Å². The molecule has 5 aliphatic rings. The Morgan fingerprint density at radius 2 is 1.66 bits per heavy atom. The first-order valence-corrected chi connectivity index (χ1v) is 14.3. The molecule has 0 aliphatic heterocycles. The Hall–Kier alpha value is -0.870. The van der Waals surface area contributed by atoms with Crippen molar-refractivity contribution in [3.63, 3.8) is 0 Å². The molecular formula is C31H50O4. The molecule has 0 aromatic heterocycles. The maximum Gasteiger partial charge on any atom is 0.312 e. The predicted molar refractivity (Wildman–Crippen MR) is 138 cm³/mol. The Morgan fingerprint density at radius 1 is 0.971 bits per heavy atom. The fourth-order valence-electron chi connectivity index (χ4n) is 10.8. The first-order chi connectivity index (χ1) is 16.2. The highest BCUT2D eigenvalue weighted by molar-refractivity contribution is 5.78. The number of hydrogen-bond donors (Lipinski definition) is 2. The zero-order chi connectivity index (χ0) is 25.7. The Bertz CT molecular complexity index is 923. The van der Waals surface area contributed by atoms with E-state index in [4.69, 9.17) is 4.74 Å². The number of hydrogen-bond acceptors (Lipinski definition) is 4. The van der Waals surface area contributed by atoms with Gasteiger partial charge < -0.3 is 14.9 Å². The van der Waals surface area contributed by atoms with E-state index in [0.717, 1.165) is 51.4 Å². The van der Waals surface area contributed by atoms with Crippen LogP contribution >= 0.6 is 0 Å². The average molecular weight is 487 g/mol. The summed E-state index contributed by atoms with van der Waals surface area (Å²) in [6.07, 6.45) is 12.3. The van der Waals surface area contributed by atoms with Crippen LogP contribution in [0.4, 0.5) is 0 Å². The van der Waals surface area contributed by atoms with Crippen LogP contribution in [0.5, 0.6) is 0 Å². The third-order valence-corrected chi connectivity index (χ3v) is 13.5. The van der Waals surface area contributed by atoms with Gasteiger partial charge in [0.25, 0.3) is 0 Å². The van der Waals surface area contributed by atoms with Gasteiger partial charge in [0.15, 0.2) is 0 Å². The standard InChI is InChI=1S/C31H50O4/c1-26(2)22-10-13-30(6)23(28(22,4)12-11-24(26)33)9-8-20-21-18-27(3,19-32)14-16-31(21,25(34)35-7)17-15-29(20,30)5/h8,21-24,32-33H,9-19H2,1-7H3/t21-,22-,23+,24-,27+,28-,29+,30+,31-/m0/s1. The van der Waals surface area contributed by atoms with Gasteiger partial charge in [0.2, 0.25) is 0 Å². The van der Waals surface area contributed by atoms with Crippen molar-refractivity contribution in [2.75, 3.05) is 13.7 Å². The van der Waals surface area contributed by atoms with E-state index in [0.29, 0.717) is 11.8 Å². The van der Waals surface area contributed by atoms with Crippen LogP contribution in [-0.4, -0.2) is 36.0 Å². The van der Waals surface area contributed by atoms with Crippen LogP contribution in [0.15, 0.2) is 11.6 Å². The Kier molecular flexibility index (Phi) is 5.76. The fraction of sp³-hybridized carbons (Fsp3) is 0.903. The van der Waals surface area contributed by atoms with Crippen LogP contribution in [0.25, 0.3) is 0 Å². The summed E-state index contributed by atoms with van der Waals surface area (Å²) < 4.78 is 5.46. The number of aliphatic hydroxyl groups is 2. The van der Waals surface area contributed by atoms with Crippen molar-refractivity contribution in [3.8, 4) is 0 Å². The number of ether oxygens (including phenoxy) is 1. The molecule has 5 aliphatic carbocycles. The van der Waals surface area contributed by atoms with Gasteiger partial charge in [-0.3, -0.25) is 4.79 Å². The summed E-state index contributed by atoms with van der Waals surface area (Å²) in [4.78, 5) is 13.4. The van der Waals surface area contributed by atoms with Gasteiger partial charge in [0, 0.05) is 6.61 Å². The summed E-state index contributed by atoms with van der Waals surface area (Å²) in [5, 5.41) is 21.2. The molecule has 2 N–H and O–H groups in total. The lowest BCUT2D eigenvalue weighted by Crippen LogP contribution is -2.65. The number of carbonyl (C=O) groups is 1. The van der Waals surface area contributed by atoms with E-state index in [-0.39, 0.29) is 51.7 Å². The van der Waals surface area contributed by atoms with Crippen molar-refractivity contribution >= 4 is 5.97 Å². The van der Waals surface area contributed by atoms with Crippen LogP contribution in [0.1, 0.15) is 106 Å². The zero-order valence-corrected chi connectivity index (χ0v) is 23.4. The normalized spacial score (nSPS) is 52.8. The highest BCUT2D eigenvalue weighted by atomic mass is 16.5. The first-order valence-electron chi connectivity index (χ1n) is 14.3. The molecule has 4 nitrogen and oxygen atoms in total. The molecule has 0 aromatic carbocycles. The van der Waals surface area contributed by atoms with Gasteiger partial charge in [-0.1, -0.05) is 53.2 Å². The highest BCUT2D eigenvalue weighted by Gasteiger charge is 2.69. The minimum atomic E-state index is -0.435. The number of carbonyl (C=O) groups excluding carboxylic acids is 1. The minimum Gasteiger partial charge on any atom is -0.469 e. The first kappa shape index (κ1) is 25.8. The molecule has 0 radical (unpaired) electrons. The van der Waals surface area contributed by atoms with E-state index in [1.54, 1.807) is 7.11 Å². The molecule has 5 rings (SSSR count). The van der Waals surface area contributed by atoms with Gasteiger partial charge in [-0.2, -0.15) is 0 Å². The second-order valence-corrected chi connectivity index (χ2v) is 15.0. The number of esters is 1. The van der Waals surface area contributed by atoms with E-state index in [1.165, 1.54) is 18.4 Å². The van der Waals surface area contributed by atoms with E-state index in [2.05, 4.69) is 47.6 Å². The average Bonchev–Trinajstić information content (AvgIpc) is 2.81. The second-order valence-electron chi connectivity index (χ2n) is 15.0. The molecule has 0 spiro atoms. The summed E-state index contributed by atoms with van der Waals surface area (Å²) in [6.45, 7) is 14.6. The molecule has 4 saturated carbocycles. The minimum absolute atomic E-state index is 0.0311. The van der Waals surface area contributed by atoms with Crippen molar-refractivity contribution in [2.45, 2.75) is 112 Å². The predicted octanol–water partition coefficient (Wildman–Crippen LogP) is 6.29. The topological polar surface area (TPSA) is 66.8 Å². The zero-order valence-electron chi connectivity index (χ0n) is 23.4. The van der Waals surface area contributed by atoms with Gasteiger partial charge in [0.05, 0.1) is 18.6 Å². The quantitative estimate of drug-likeness (QED) is 0.355. The SMILES string of the molecule is COC(=O)[C@]12CC[C@@](C)(CO)C[C@H]1C1=CC[C@@H]3[C@@]4(C)CC[C@H](O)C(C)(C)[C@@H]4CC[C@@]3(C)[C@]1(C)CC2. The monoisotopic (exact) mass is 486 g/mol. The summed E-state index contributed by atoms with van der Waals surface area (Å²) in [7, 11) is 1.55. The van der Waals surface area contributed by atoms with Gasteiger partial charge in [-0.15, -0.1) is 0 Å². The lowest BCUT2D eigenvalue weighted by Gasteiger charge is -2.71. The van der Waals surface area contributed by atoms with E-state index in [9.17, 15) is 15.0 Å². The van der Waals surface area contributed by atoms with Crippen LogP contribution in [0.2, 0.25) is 0 Å². The third-order valence-electron chi connectivity index (χ3n) is 13.5. The molecule has 0 heterocycles. The number of methoxy groups -OCH3 is 1. The summed E-state index contributed by atoms with van der Waals surface area (Å²) in [6, 6.07) is 0. The molecule has 4 heteroatoms. The van der Waals surface area contributed by atoms with E-state index in [1.807, 2.05) is 0 Å². The van der Waals surface area contributed by atoms with Crippen molar-refractivity contribution in [3.05, 3.63) is 11.6 Å². The molecular weight excluding hydrogens is 436 g/mol. The van der Waals surface area contributed by atoms with E-state index >= 15 is 0 Å². The number of fused-ring (bicyclic) bond motifs is 7. The molecule has 0 amide bonds. The van der Waals surface area contributed by atoms with Crippen LogP contribution in [0.3, 0.4) is 0 Å². The number of allylic oxidation sites excluding steroid dienone is 2. The maximum atomic E-state index is 13.4. The largest absolute Gasteiger partial charge is 0.469 e. The molecule has 4 fully saturated rings. The van der Waals surface area contributed by atoms with Crippen molar-refractivity contribution < 1.29 is 19.7 Å². The fourth-order valence-corrected chi connectivity index (χ4v) is 10.8. The number of rotatable bonds is 2. The maximum absolute atomic E-state index is 13.4. The Balaban J connectivity index is 1.60. The number of aliphatic hydroxyl groups excluding tert-OH is 2. The van der Waals surface area contributed by atoms with Gasteiger partial charge in [-0.05, 0) is 109 Å². The molecule has 0 unspecified atom stereocenters.